The molecule has 2 aromatic carbocycles. The molecular formula is C13H8BrCl2FN2O. The molecule has 2 aromatic rings. The number of anilines is 2. The summed E-state index contributed by atoms with van der Waals surface area (Å²) in [5.74, 6) is -1.02. The van der Waals surface area contributed by atoms with Gasteiger partial charge < -0.3 is 11.1 Å². The molecule has 1 amide bonds. The van der Waals surface area contributed by atoms with Crippen molar-refractivity contribution in [2.75, 3.05) is 11.1 Å². The fourth-order valence-corrected chi connectivity index (χ4v) is 2.33. The van der Waals surface area contributed by atoms with Gasteiger partial charge >= 0.3 is 0 Å². The van der Waals surface area contributed by atoms with E-state index >= 15 is 0 Å². The van der Waals surface area contributed by atoms with E-state index in [-0.39, 0.29) is 15.7 Å². The number of nitrogens with one attached hydrogen (secondary N) is 1. The third kappa shape index (κ3) is 3.23. The normalized spacial score (nSPS) is 10.4. The Labute approximate surface area is 133 Å². The summed E-state index contributed by atoms with van der Waals surface area (Å²) in [4.78, 5) is 12.1. The molecule has 0 heterocycles. The highest BCUT2D eigenvalue weighted by Crippen LogP contribution is 2.32. The smallest absolute Gasteiger partial charge is 0.255 e. The molecule has 0 aliphatic rings. The minimum Gasteiger partial charge on any atom is -0.398 e. The third-order valence-electron chi connectivity index (χ3n) is 2.50. The molecule has 3 N–H and O–H groups in total. The number of halogens is 4. The quantitative estimate of drug-likeness (QED) is 0.743. The second kappa shape index (κ2) is 5.99. The van der Waals surface area contributed by atoms with E-state index in [9.17, 15) is 9.18 Å². The van der Waals surface area contributed by atoms with Gasteiger partial charge in [-0.25, -0.2) is 4.39 Å². The number of benzene rings is 2. The van der Waals surface area contributed by atoms with Crippen LogP contribution in [0.1, 0.15) is 10.4 Å². The van der Waals surface area contributed by atoms with Crippen LogP contribution in [0.5, 0.6) is 0 Å². The van der Waals surface area contributed by atoms with Crippen LogP contribution in [-0.4, -0.2) is 5.91 Å². The van der Waals surface area contributed by atoms with Crippen molar-refractivity contribution in [1.82, 2.24) is 0 Å². The van der Waals surface area contributed by atoms with Gasteiger partial charge in [-0.05, 0) is 46.3 Å². The first kappa shape index (κ1) is 15.1. The van der Waals surface area contributed by atoms with Crippen LogP contribution < -0.4 is 11.1 Å². The Bertz CT molecular complexity index is 671. The van der Waals surface area contributed by atoms with Gasteiger partial charge in [0.15, 0.2) is 0 Å². The summed E-state index contributed by atoms with van der Waals surface area (Å²) in [6.45, 7) is 0. The maximum absolute atomic E-state index is 13.1. The molecule has 2 rings (SSSR count). The summed E-state index contributed by atoms with van der Waals surface area (Å²) in [6, 6.07) is 6.88. The Balaban J connectivity index is 2.30. The van der Waals surface area contributed by atoms with Crippen LogP contribution >= 0.6 is 39.1 Å². The van der Waals surface area contributed by atoms with Gasteiger partial charge in [0.2, 0.25) is 0 Å². The van der Waals surface area contributed by atoms with E-state index in [0.29, 0.717) is 15.7 Å². The van der Waals surface area contributed by atoms with Crippen LogP contribution in [0.3, 0.4) is 0 Å². The maximum Gasteiger partial charge on any atom is 0.255 e. The lowest BCUT2D eigenvalue weighted by Gasteiger charge is -2.10. The highest BCUT2D eigenvalue weighted by molar-refractivity contribution is 9.10. The van der Waals surface area contributed by atoms with E-state index in [1.54, 1.807) is 12.1 Å². The summed E-state index contributed by atoms with van der Waals surface area (Å²) >= 11 is 14.9. The number of rotatable bonds is 2. The Morgan fingerprint density at radius 2 is 1.80 bits per heavy atom. The van der Waals surface area contributed by atoms with Crippen molar-refractivity contribution >= 4 is 56.4 Å². The van der Waals surface area contributed by atoms with E-state index in [1.807, 2.05) is 0 Å². The lowest BCUT2D eigenvalue weighted by molar-refractivity contribution is 0.102. The molecule has 20 heavy (non-hydrogen) atoms. The SMILES string of the molecule is Nc1cc(C(=O)Nc2c(Cl)cc(F)cc2Cl)ccc1Br. The highest BCUT2D eigenvalue weighted by Gasteiger charge is 2.13. The number of amides is 1. The fraction of sp³-hybridized carbons (Fsp3) is 0. The van der Waals surface area contributed by atoms with Gasteiger partial charge in [-0.15, -0.1) is 0 Å². The number of nitrogen functional groups attached to an aromatic ring is 1. The van der Waals surface area contributed by atoms with Crippen molar-refractivity contribution in [3.63, 3.8) is 0 Å². The molecule has 0 atom stereocenters. The molecule has 0 saturated carbocycles. The van der Waals surface area contributed by atoms with E-state index < -0.39 is 11.7 Å². The lowest BCUT2D eigenvalue weighted by Crippen LogP contribution is -2.13. The maximum atomic E-state index is 13.1. The van der Waals surface area contributed by atoms with E-state index in [1.165, 1.54) is 6.07 Å². The zero-order chi connectivity index (χ0) is 14.9. The number of nitrogens with two attached hydrogens (primary N) is 1. The average Bonchev–Trinajstić information content (AvgIpc) is 2.36. The molecule has 0 radical (unpaired) electrons. The zero-order valence-corrected chi connectivity index (χ0v) is 13.0. The molecule has 3 nitrogen and oxygen atoms in total. The highest BCUT2D eigenvalue weighted by atomic mass is 79.9. The van der Waals surface area contributed by atoms with Crippen molar-refractivity contribution in [3.05, 3.63) is 56.2 Å². The minimum absolute atomic E-state index is 0.0217. The molecule has 104 valence electrons. The molecule has 0 bridgehead atoms. The topological polar surface area (TPSA) is 55.1 Å². The van der Waals surface area contributed by atoms with Crippen LogP contribution in [0, 0.1) is 5.82 Å². The largest absolute Gasteiger partial charge is 0.398 e. The lowest BCUT2D eigenvalue weighted by atomic mass is 10.2. The number of hydrogen-bond donors (Lipinski definition) is 2. The second-order valence-electron chi connectivity index (χ2n) is 3.93. The van der Waals surface area contributed by atoms with Crippen LogP contribution in [0.25, 0.3) is 0 Å². The summed E-state index contributed by atoms with van der Waals surface area (Å²) in [6.07, 6.45) is 0. The predicted octanol–water partition coefficient (Wildman–Crippen LogP) is 4.73. The predicted molar refractivity (Wildman–Crippen MR) is 82.9 cm³/mol. The zero-order valence-electron chi connectivity index (χ0n) is 9.88. The summed E-state index contributed by atoms with van der Waals surface area (Å²) in [5, 5.41) is 2.57. The summed E-state index contributed by atoms with van der Waals surface area (Å²) in [7, 11) is 0. The first-order valence-corrected chi connectivity index (χ1v) is 6.94. The molecule has 0 unspecified atom stereocenters. The molecule has 0 fully saturated rings. The van der Waals surface area contributed by atoms with E-state index in [4.69, 9.17) is 28.9 Å². The Hall–Kier alpha value is -1.30. The van der Waals surface area contributed by atoms with Crippen molar-refractivity contribution in [1.29, 1.82) is 0 Å². The van der Waals surface area contributed by atoms with Gasteiger partial charge in [-0.2, -0.15) is 0 Å². The number of carbonyl (C=O) groups excluding carboxylic acids is 1. The fourth-order valence-electron chi connectivity index (χ4n) is 1.53. The molecule has 0 saturated heterocycles. The first-order valence-electron chi connectivity index (χ1n) is 5.39. The minimum atomic E-state index is -0.578. The van der Waals surface area contributed by atoms with Crippen LogP contribution in [0.15, 0.2) is 34.8 Å². The van der Waals surface area contributed by atoms with Crippen LogP contribution in [0.4, 0.5) is 15.8 Å². The van der Waals surface area contributed by atoms with Crippen molar-refractivity contribution < 1.29 is 9.18 Å². The molecule has 0 aromatic heterocycles. The Kier molecular flexibility index (Phi) is 4.52. The van der Waals surface area contributed by atoms with Gasteiger partial charge in [0.25, 0.3) is 5.91 Å². The van der Waals surface area contributed by atoms with Gasteiger partial charge in [-0.1, -0.05) is 23.2 Å². The molecule has 0 aliphatic carbocycles. The Morgan fingerprint density at radius 3 is 2.35 bits per heavy atom. The van der Waals surface area contributed by atoms with Crippen molar-refractivity contribution in [2.24, 2.45) is 0 Å². The Morgan fingerprint density at radius 1 is 1.20 bits per heavy atom. The average molecular weight is 378 g/mol. The van der Waals surface area contributed by atoms with E-state index in [2.05, 4.69) is 21.2 Å². The summed E-state index contributed by atoms with van der Waals surface area (Å²) < 4.78 is 13.7. The molecule has 0 spiro atoms. The van der Waals surface area contributed by atoms with Gasteiger partial charge in [-0.3, -0.25) is 4.79 Å². The first-order chi connectivity index (χ1) is 9.38. The third-order valence-corrected chi connectivity index (χ3v) is 3.82. The van der Waals surface area contributed by atoms with Crippen LogP contribution in [-0.2, 0) is 0 Å². The van der Waals surface area contributed by atoms with E-state index in [0.717, 1.165) is 12.1 Å². The molecular weight excluding hydrogens is 370 g/mol. The number of hydrogen-bond acceptors (Lipinski definition) is 2. The number of carbonyl (C=O) groups is 1. The van der Waals surface area contributed by atoms with Crippen LogP contribution in [0.2, 0.25) is 10.0 Å². The van der Waals surface area contributed by atoms with Crippen molar-refractivity contribution in [2.45, 2.75) is 0 Å². The van der Waals surface area contributed by atoms with Gasteiger partial charge in [0.1, 0.15) is 5.82 Å². The van der Waals surface area contributed by atoms with Gasteiger partial charge in [0, 0.05) is 15.7 Å². The van der Waals surface area contributed by atoms with Crippen molar-refractivity contribution in [3.8, 4) is 0 Å². The molecule has 7 heteroatoms. The monoisotopic (exact) mass is 376 g/mol. The molecule has 0 aliphatic heterocycles. The second-order valence-corrected chi connectivity index (χ2v) is 5.60. The summed E-state index contributed by atoms with van der Waals surface area (Å²) in [5.41, 5.74) is 6.62. The standard InChI is InChI=1S/C13H8BrCl2FN2O/c14-8-2-1-6(3-11(8)18)13(20)19-12-9(15)4-7(17)5-10(12)16/h1-5H,18H2,(H,19,20). The van der Waals surface area contributed by atoms with Gasteiger partial charge in [0.05, 0.1) is 15.7 Å².